The summed E-state index contributed by atoms with van der Waals surface area (Å²) in [5, 5.41) is 4.76. The summed E-state index contributed by atoms with van der Waals surface area (Å²) in [5.41, 5.74) is 1.09. The Morgan fingerprint density at radius 2 is 2.07 bits per heavy atom. The molecule has 0 amide bonds. The van der Waals surface area contributed by atoms with Crippen molar-refractivity contribution < 1.29 is 4.52 Å². The molecule has 0 bridgehead atoms. The zero-order chi connectivity index (χ0) is 10.2. The number of rotatable bonds is 7. The van der Waals surface area contributed by atoms with Crippen molar-refractivity contribution in [3.05, 3.63) is 17.5 Å². The lowest BCUT2D eigenvalue weighted by molar-refractivity contribution is 0.388. The summed E-state index contributed by atoms with van der Waals surface area (Å²) in [5.74, 6) is 0.925. The molecule has 1 heterocycles. The molecule has 80 valence electrons. The van der Waals surface area contributed by atoms with E-state index >= 15 is 0 Å². The van der Waals surface area contributed by atoms with Crippen molar-refractivity contribution in [3.63, 3.8) is 0 Å². The van der Waals surface area contributed by atoms with Gasteiger partial charge in [-0.25, -0.2) is 0 Å². The van der Waals surface area contributed by atoms with Gasteiger partial charge in [0.2, 0.25) is 0 Å². The van der Waals surface area contributed by atoms with Gasteiger partial charge in [-0.3, -0.25) is 0 Å². The fourth-order valence-corrected chi connectivity index (χ4v) is 1.71. The molecule has 0 spiro atoms. The molecular weight excluding hydrogens is 242 g/mol. The molecule has 3 heteroatoms. The van der Waals surface area contributed by atoms with Crippen molar-refractivity contribution in [1.29, 1.82) is 0 Å². The highest BCUT2D eigenvalue weighted by Gasteiger charge is 2.01. The molecule has 1 rings (SSSR count). The molecule has 0 aliphatic heterocycles. The highest BCUT2D eigenvalue weighted by Crippen LogP contribution is 2.11. The predicted molar refractivity (Wildman–Crippen MR) is 61.6 cm³/mol. The first-order valence-electron chi connectivity index (χ1n) is 5.37. The Hall–Kier alpha value is -0.310. The van der Waals surface area contributed by atoms with Crippen molar-refractivity contribution in [2.45, 2.75) is 50.8 Å². The topological polar surface area (TPSA) is 26.0 Å². The van der Waals surface area contributed by atoms with Crippen LogP contribution in [0.1, 0.15) is 50.5 Å². The van der Waals surface area contributed by atoms with Crippen LogP contribution in [0.25, 0.3) is 0 Å². The third-order valence-electron chi connectivity index (χ3n) is 2.28. The van der Waals surface area contributed by atoms with Crippen LogP contribution in [-0.2, 0) is 11.8 Å². The van der Waals surface area contributed by atoms with Crippen LogP contribution in [0, 0.1) is 0 Å². The number of aryl methyl sites for hydroxylation is 1. The van der Waals surface area contributed by atoms with Crippen LogP contribution in [0.4, 0.5) is 0 Å². The molecule has 0 aliphatic rings. The number of unbranched alkanes of at least 4 members (excludes halogenated alkanes) is 4. The lowest BCUT2D eigenvalue weighted by Gasteiger charge is -1.96. The second-order valence-corrected chi connectivity index (χ2v) is 4.14. The van der Waals surface area contributed by atoms with E-state index in [-0.39, 0.29) is 0 Å². The first-order chi connectivity index (χ1) is 6.86. The van der Waals surface area contributed by atoms with Crippen molar-refractivity contribution in [2.75, 3.05) is 0 Å². The summed E-state index contributed by atoms with van der Waals surface area (Å²) in [6.07, 6.45) is 7.60. The lowest BCUT2D eigenvalue weighted by Crippen LogP contribution is -1.85. The van der Waals surface area contributed by atoms with Gasteiger partial charge in [-0.1, -0.05) is 53.7 Å². The Kier molecular flexibility index (Phi) is 5.92. The molecule has 2 nitrogen and oxygen atoms in total. The smallest absolute Gasteiger partial charge is 0.147 e. The van der Waals surface area contributed by atoms with Gasteiger partial charge < -0.3 is 4.52 Å². The third kappa shape index (κ3) is 4.27. The minimum atomic E-state index is 0.760. The SMILES string of the molecule is CCCCCCCc1cc(CBr)on1. The first kappa shape index (κ1) is 11.8. The van der Waals surface area contributed by atoms with Crippen molar-refractivity contribution in [2.24, 2.45) is 0 Å². The van der Waals surface area contributed by atoms with E-state index in [2.05, 4.69) is 28.0 Å². The summed E-state index contributed by atoms with van der Waals surface area (Å²) in [4.78, 5) is 0. The van der Waals surface area contributed by atoms with Crippen LogP contribution in [0.5, 0.6) is 0 Å². The Labute approximate surface area is 94.2 Å². The summed E-state index contributed by atoms with van der Waals surface area (Å²) < 4.78 is 5.10. The number of halogens is 1. The molecule has 0 atom stereocenters. The molecule has 0 aromatic carbocycles. The summed E-state index contributed by atoms with van der Waals surface area (Å²) in [6, 6.07) is 2.04. The van der Waals surface area contributed by atoms with Crippen molar-refractivity contribution in [1.82, 2.24) is 5.16 Å². The second kappa shape index (κ2) is 7.04. The minimum absolute atomic E-state index is 0.760. The number of alkyl halides is 1. The number of aromatic nitrogens is 1. The normalized spacial score (nSPS) is 10.7. The maximum atomic E-state index is 5.10. The second-order valence-electron chi connectivity index (χ2n) is 3.58. The Morgan fingerprint density at radius 1 is 1.29 bits per heavy atom. The minimum Gasteiger partial charge on any atom is -0.360 e. The van der Waals surface area contributed by atoms with E-state index in [1.807, 2.05) is 6.07 Å². The molecular formula is C11H18BrNO. The van der Waals surface area contributed by atoms with Crippen LogP contribution in [0.3, 0.4) is 0 Å². The van der Waals surface area contributed by atoms with Crippen LogP contribution in [0.2, 0.25) is 0 Å². The van der Waals surface area contributed by atoms with Crippen LogP contribution in [-0.4, -0.2) is 5.16 Å². The maximum Gasteiger partial charge on any atom is 0.147 e. The largest absolute Gasteiger partial charge is 0.360 e. The highest BCUT2D eigenvalue weighted by molar-refractivity contribution is 9.08. The molecule has 0 saturated carbocycles. The fourth-order valence-electron chi connectivity index (χ4n) is 1.45. The molecule has 0 unspecified atom stereocenters. The van der Waals surface area contributed by atoms with E-state index in [0.29, 0.717) is 0 Å². The van der Waals surface area contributed by atoms with E-state index in [0.717, 1.165) is 23.2 Å². The monoisotopic (exact) mass is 259 g/mol. The molecule has 0 radical (unpaired) electrons. The molecule has 14 heavy (non-hydrogen) atoms. The Bertz CT molecular complexity index is 247. The fraction of sp³-hybridized carbons (Fsp3) is 0.727. The van der Waals surface area contributed by atoms with Gasteiger partial charge >= 0.3 is 0 Å². The maximum absolute atomic E-state index is 5.10. The van der Waals surface area contributed by atoms with Crippen LogP contribution >= 0.6 is 15.9 Å². The molecule has 0 saturated heterocycles. The van der Waals surface area contributed by atoms with Crippen LogP contribution < -0.4 is 0 Å². The Morgan fingerprint density at radius 3 is 2.71 bits per heavy atom. The van der Waals surface area contributed by atoms with Crippen molar-refractivity contribution in [3.8, 4) is 0 Å². The van der Waals surface area contributed by atoms with Gasteiger partial charge in [-0.05, 0) is 12.8 Å². The van der Waals surface area contributed by atoms with E-state index in [1.54, 1.807) is 0 Å². The number of hydrogen-bond donors (Lipinski definition) is 0. The van der Waals surface area contributed by atoms with Gasteiger partial charge in [-0.15, -0.1) is 0 Å². The molecule has 0 aliphatic carbocycles. The molecule has 0 fully saturated rings. The summed E-state index contributed by atoms with van der Waals surface area (Å²) >= 11 is 3.34. The standard InChI is InChI=1S/C11H18BrNO/c1-2-3-4-5-6-7-10-8-11(9-12)14-13-10/h8H,2-7,9H2,1H3. The average molecular weight is 260 g/mol. The van der Waals surface area contributed by atoms with Gasteiger partial charge in [-0.2, -0.15) is 0 Å². The van der Waals surface area contributed by atoms with E-state index in [9.17, 15) is 0 Å². The third-order valence-corrected chi connectivity index (χ3v) is 2.83. The van der Waals surface area contributed by atoms with E-state index in [1.165, 1.54) is 32.1 Å². The summed E-state index contributed by atoms with van der Waals surface area (Å²) in [7, 11) is 0. The van der Waals surface area contributed by atoms with Gasteiger partial charge in [0.15, 0.2) is 0 Å². The van der Waals surface area contributed by atoms with E-state index < -0.39 is 0 Å². The quantitative estimate of drug-likeness (QED) is 0.545. The van der Waals surface area contributed by atoms with Gasteiger partial charge in [0.25, 0.3) is 0 Å². The van der Waals surface area contributed by atoms with E-state index in [4.69, 9.17) is 4.52 Å². The van der Waals surface area contributed by atoms with Gasteiger partial charge in [0.05, 0.1) is 11.0 Å². The number of nitrogens with zero attached hydrogens (tertiary/aromatic N) is 1. The average Bonchev–Trinajstić information content (AvgIpc) is 2.65. The highest BCUT2D eigenvalue weighted by atomic mass is 79.9. The molecule has 1 aromatic heterocycles. The van der Waals surface area contributed by atoms with Gasteiger partial charge in [0.1, 0.15) is 5.76 Å². The first-order valence-corrected chi connectivity index (χ1v) is 6.49. The lowest BCUT2D eigenvalue weighted by atomic mass is 10.1. The van der Waals surface area contributed by atoms with Gasteiger partial charge in [0, 0.05) is 6.07 Å². The van der Waals surface area contributed by atoms with Crippen molar-refractivity contribution >= 4 is 15.9 Å². The molecule has 0 N–H and O–H groups in total. The number of hydrogen-bond acceptors (Lipinski definition) is 2. The Balaban J connectivity index is 2.12. The zero-order valence-electron chi connectivity index (χ0n) is 8.76. The van der Waals surface area contributed by atoms with Crippen LogP contribution in [0.15, 0.2) is 10.6 Å². The molecule has 1 aromatic rings. The predicted octanol–water partition coefficient (Wildman–Crippen LogP) is 4.08. The summed E-state index contributed by atoms with van der Waals surface area (Å²) in [6.45, 7) is 2.24. The zero-order valence-corrected chi connectivity index (χ0v) is 10.3.